The molecule has 3 rings (SSSR count). The molecule has 3 nitrogen and oxygen atoms in total. The van der Waals surface area contributed by atoms with Crippen molar-refractivity contribution in [3.05, 3.63) is 24.3 Å². The Hall–Kier alpha value is -1.22. The van der Waals surface area contributed by atoms with Gasteiger partial charge in [0, 0.05) is 36.5 Å². The third-order valence-electron chi connectivity index (χ3n) is 4.49. The van der Waals surface area contributed by atoms with Gasteiger partial charge in [-0.25, -0.2) is 0 Å². The predicted molar refractivity (Wildman–Crippen MR) is 76.9 cm³/mol. The van der Waals surface area contributed by atoms with E-state index in [1.165, 1.54) is 44.6 Å². The molecule has 0 aliphatic carbocycles. The molecular formula is C15H23N3. The molecule has 2 atom stereocenters. The van der Waals surface area contributed by atoms with Crippen LogP contribution in [0.15, 0.2) is 24.3 Å². The number of hydrogen-bond donors (Lipinski definition) is 1. The summed E-state index contributed by atoms with van der Waals surface area (Å²) in [6.45, 7) is 6.02. The Morgan fingerprint density at radius 3 is 2.56 bits per heavy atom. The van der Waals surface area contributed by atoms with E-state index in [4.69, 9.17) is 5.73 Å². The van der Waals surface area contributed by atoms with Crippen molar-refractivity contribution in [1.82, 2.24) is 4.90 Å². The average Bonchev–Trinajstić information content (AvgIpc) is 2.98. The van der Waals surface area contributed by atoms with Crippen molar-refractivity contribution in [2.24, 2.45) is 0 Å². The van der Waals surface area contributed by atoms with Crippen molar-refractivity contribution in [1.29, 1.82) is 0 Å². The van der Waals surface area contributed by atoms with Crippen LogP contribution in [0.2, 0.25) is 0 Å². The second-order valence-corrected chi connectivity index (χ2v) is 5.71. The maximum Gasteiger partial charge on any atom is 0.0368 e. The highest BCUT2D eigenvalue weighted by Crippen LogP contribution is 2.28. The van der Waals surface area contributed by atoms with Crippen molar-refractivity contribution in [2.75, 3.05) is 30.3 Å². The van der Waals surface area contributed by atoms with Crippen molar-refractivity contribution < 1.29 is 0 Å². The summed E-state index contributed by atoms with van der Waals surface area (Å²) < 4.78 is 0. The van der Waals surface area contributed by atoms with E-state index in [0.29, 0.717) is 0 Å². The van der Waals surface area contributed by atoms with Crippen LogP contribution in [0.1, 0.15) is 26.2 Å². The third kappa shape index (κ3) is 2.19. The fourth-order valence-electron chi connectivity index (χ4n) is 3.43. The molecule has 3 heteroatoms. The van der Waals surface area contributed by atoms with Crippen LogP contribution in [-0.2, 0) is 0 Å². The molecule has 2 aliphatic heterocycles. The molecule has 1 aromatic carbocycles. The molecule has 0 saturated carbocycles. The molecule has 0 amide bonds. The highest BCUT2D eigenvalue weighted by molar-refractivity contribution is 5.53. The molecule has 98 valence electrons. The summed E-state index contributed by atoms with van der Waals surface area (Å²) in [5.74, 6) is 0. The van der Waals surface area contributed by atoms with Crippen LogP contribution in [-0.4, -0.2) is 36.6 Å². The Kier molecular flexibility index (Phi) is 3.16. The van der Waals surface area contributed by atoms with Crippen LogP contribution in [0.5, 0.6) is 0 Å². The molecule has 0 aromatic heterocycles. The summed E-state index contributed by atoms with van der Waals surface area (Å²) in [5.41, 5.74) is 7.91. The molecule has 0 radical (unpaired) electrons. The van der Waals surface area contributed by atoms with Crippen LogP contribution >= 0.6 is 0 Å². The first-order valence-electron chi connectivity index (χ1n) is 7.10. The summed E-state index contributed by atoms with van der Waals surface area (Å²) in [5, 5.41) is 0. The second-order valence-electron chi connectivity index (χ2n) is 5.71. The summed E-state index contributed by atoms with van der Waals surface area (Å²) in [6, 6.07) is 9.82. The van der Waals surface area contributed by atoms with Crippen LogP contribution in [0.25, 0.3) is 0 Å². The highest BCUT2D eigenvalue weighted by Gasteiger charge is 2.32. The minimum atomic E-state index is 0.750. The monoisotopic (exact) mass is 245 g/mol. The minimum Gasteiger partial charge on any atom is -0.399 e. The lowest BCUT2D eigenvalue weighted by Gasteiger charge is -2.28. The number of hydrogen-bond acceptors (Lipinski definition) is 3. The van der Waals surface area contributed by atoms with Gasteiger partial charge in [-0.15, -0.1) is 0 Å². The van der Waals surface area contributed by atoms with E-state index >= 15 is 0 Å². The zero-order valence-corrected chi connectivity index (χ0v) is 11.2. The Balaban J connectivity index is 1.66. The first kappa shape index (κ1) is 11.8. The molecule has 2 aliphatic rings. The largest absolute Gasteiger partial charge is 0.399 e. The molecule has 2 heterocycles. The molecule has 18 heavy (non-hydrogen) atoms. The van der Waals surface area contributed by atoms with Gasteiger partial charge in [0.25, 0.3) is 0 Å². The Bertz CT molecular complexity index is 401. The molecule has 0 spiro atoms. The zero-order chi connectivity index (χ0) is 12.5. The van der Waals surface area contributed by atoms with Gasteiger partial charge in [-0.2, -0.15) is 0 Å². The van der Waals surface area contributed by atoms with E-state index in [2.05, 4.69) is 28.9 Å². The quantitative estimate of drug-likeness (QED) is 0.812. The van der Waals surface area contributed by atoms with Gasteiger partial charge in [-0.1, -0.05) is 0 Å². The molecule has 0 unspecified atom stereocenters. The first-order valence-corrected chi connectivity index (χ1v) is 7.10. The van der Waals surface area contributed by atoms with E-state index in [1.54, 1.807) is 0 Å². The molecule has 2 fully saturated rings. The standard InChI is InChI=1S/C15H23N3/c1-12-3-2-9-18(12)15-8-10-17(11-15)14-6-4-13(16)5-7-14/h4-7,12,15H,2-3,8-11,16H2,1H3/t12-,15+/m0/s1. The molecule has 2 N–H and O–H groups in total. The number of nitrogens with two attached hydrogens (primary N) is 1. The van der Waals surface area contributed by atoms with Crippen LogP contribution in [0.4, 0.5) is 11.4 Å². The molecule has 2 saturated heterocycles. The van der Waals surface area contributed by atoms with Gasteiger partial charge in [0.1, 0.15) is 0 Å². The highest BCUT2D eigenvalue weighted by atomic mass is 15.3. The van der Waals surface area contributed by atoms with Crippen molar-refractivity contribution >= 4 is 11.4 Å². The first-order chi connectivity index (χ1) is 8.74. The fraction of sp³-hybridized carbons (Fsp3) is 0.600. The van der Waals surface area contributed by atoms with E-state index in [-0.39, 0.29) is 0 Å². The van der Waals surface area contributed by atoms with Crippen LogP contribution in [0, 0.1) is 0 Å². The lowest BCUT2D eigenvalue weighted by molar-refractivity contribution is 0.204. The zero-order valence-electron chi connectivity index (χ0n) is 11.2. The summed E-state index contributed by atoms with van der Waals surface area (Å²) in [6.07, 6.45) is 4.05. The van der Waals surface area contributed by atoms with Gasteiger partial charge in [0.05, 0.1) is 0 Å². The van der Waals surface area contributed by atoms with Crippen LogP contribution in [0.3, 0.4) is 0 Å². The number of anilines is 2. The van der Waals surface area contributed by atoms with Crippen molar-refractivity contribution in [2.45, 2.75) is 38.3 Å². The number of benzene rings is 1. The Morgan fingerprint density at radius 1 is 1.11 bits per heavy atom. The maximum atomic E-state index is 5.74. The van der Waals surface area contributed by atoms with Gasteiger partial charge in [0.15, 0.2) is 0 Å². The number of likely N-dealkylation sites (tertiary alicyclic amines) is 1. The van der Waals surface area contributed by atoms with E-state index < -0.39 is 0 Å². The lowest BCUT2D eigenvalue weighted by Crippen LogP contribution is -2.39. The molecule has 0 bridgehead atoms. The van der Waals surface area contributed by atoms with E-state index in [0.717, 1.165) is 17.8 Å². The fourth-order valence-corrected chi connectivity index (χ4v) is 3.43. The smallest absolute Gasteiger partial charge is 0.0368 e. The summed E-state index contributed by atoms with van der Waals surface area (Å²) >= 11 is 0. The number of nitrogen functional groups attached to an aromatic ring is 1. The summed E-state index contributed by atoms with van der Waals surface area (Å²) in [4.78, 5) is 5.20. The van der Waals surface area contributed by atoms with Crippen molar-refractivity contribution in [3.63, 3.8) is 0 Å². The predicted octanol–water partition coefficient (Wildman–Crippen LogP) is 2.33. The van der Waals surface area contributed by atoms with Crippen molar-refractivity contribution in [3.8, 4) is 0 Å². The SMILES string of the molecule is C[C@H]1CCCN1[C@@H]1CCN(c2ccc(N)cc2)C1. The van der Waals surface area contributed by atoms with E-state index in [1.807, 2.05) is 12.1 Å². The van der Waals surface area contributed by atoms with Gasteiger partial charge < -0.3 is 10.6 Å². The molecule has 1 aromatic rings. The van der Waals surface area contributed by atoms with Crippen LogP contribution < -0.4 is 10.6 Å². The van der Waals surface area contributed by atoms with Gasteiger partial charge in [-0.3, -0.25) is 4.90 Å². The average molecular weight is 245 g/mol. The lowest BCUT2D eigenvalue weighted by atomic mass is 10.2. The van der Waals surface area contributed by atoms with Gasteiger partial charge in [-0.05, 0) is 57.0 Å². The second kappa shape index (κ2) is 4.81. The van der Waals surface area contributed by atoms with Gasteiger partial charge in [0.2, 0.25) is 0 Å². The van der Waals surface area contributed by atoms with Gasteiger partial charge >= 0.3 is 0 Å². The molecular weight excluding hydrogens is 222 g/mol. The minimum absolute atomic E-state index is 0.750. The third-order valence-corrected chi connectivity index (χ3v) is 4.49. The summed E-state index contributed by atoms with van der Waals surface area (Å²) in [7, 11) is 0. The van der Waals surface area contributed by atoms with E-state index in [9.17, 15) is 0 Å². The Labute approximate surface area is 110 Å². The number of nitrogens with zero attached hydrogens (tertiary/aromatic N) is 2. The maximum absolute atomic E-state index is 5.74. The number of rotatable bonds is 2. The Morgan fingerprint density at radius 2 is 1.89 bits per heavy atom. The topological polar surface area (TPSA) is 32.5 Å². The normalized spacial score (nSPS) is 29.1.